The van der Waals surface area contributed by atoms with Crippen LogP contribution in [0.2, 0.25) is 0 Å². The molecule has 1 saturated heterocycles. The van der Waals surface area contributed by atoms with Crippen molar-refractivity contribution in [3.05, 3.63) is 65.0 Å². The number of ether oxygens (including phenoxy) is 1. The number of nitrogens with two attached hydrogens (primary N) is 2. The average molecular weight is 514 g/mol. The van der Waals surface area contributed by atoms with Gasteiger partial charge in [0, 0.05) is 49.5 Å². The van der Waals surface area contributed by atoms with Crippen molar-refractivity contribution in [2.24, 2.45) is 11.5 Å². The van der Waals surface area contributed by atoms with Crippen LogP contribution in [-0.2, 0) is 4.79 Å². The quantitative estimate of drug-likeness (QED) is 0.518. The Hall–Kier alpha value is -3.41. The van der Waals surface area contributed by atoms with Crippen LogP contribution in [0.3, 0.4) is 0 Å². The Balaban J connectivity index is 1.74. The zero-order valence-corrected chi connectivity index (χ0v) is 19.6. The molecule has 2 aliphatic rings. The van der Waals surface area contributed by atoms with Crippen molar-refractivity contribution in [3.63, 3.8) is 0 Å². The van der Waals surface area contributed by atoms with Gasteiger partial charge in [0.2, 0.25) is 11.8 Å². The van der Waals surface area contributed by atoms with Gasteiger partial charge in [0.05, 0.1) is 31.6 Å². The van der Waals surface area contributed by atoms with Crippen molar-refractivity contribution in [1.29, 1.82) is 0 Å². The molecule has 0 saturated carbocycles. The number of amides is 1. The van der Waals surface area contributed by atoms with Gasteiger partial charge >= 0.3 is 0 Å². The van der Waals surface area contributed by atoms with Crippen molar-refractivity contribution in [2.75, 3.05) is 33.3 Å². The van der Waals surface area contributed by atoms with Crippen molar-refractivity contribution in [3.8, 4) is 5.88 Å². The summed E-state index contributed by atoms with van der Waals surface area (Å²) in [5, 5.41) is 0. The normalized spacial score (nSPS) is 20.9. The number of pyridine rings is 1. The SMILES string of the molecule is COc1ccc(/C(N)=C2\CN(C(=O)CC(N)CC3=C(F)C=C(F)C(F)C=C3)CCN2CC(F)F)cn1. The number of alkyl halides is 3. The van der Waals surface area contributed by atoms with Crippen LogP contribution in [-0.4, -0.2) is 72.6 Å². The number of rotatable bonds is 8. The summed E-state index contributed by atoms with van der Waals surface area (Å²) >= 11 is 0. The molecule has 4 N–H and O–H groups in total. The second-order valence-corrected chi connectivity index (χ2v) is 8.43. The monoisotopic (exact) mass is 513 g/mol. The minimum Gasteiger partial charge on any atom is -0.481 e. The lowest BCUT2D eigenvalue weighted by atomic mass is 10.0. The lowest BCUT2D eigenvalue weighted by Gasteiger charge is -2.39. The van der Waals surface area contributed by atoms with Gasteiger partial charge in [0.1, 0.15) is 11.7 Å². The van der Waals surface area contributed by atoms with E-state index in [9.17, 15) is 26.7 Å². The number of hydrogen-bond acceptors (Lipinski definition) is 6. The molecule has 0 radical (unpaired) electrons. The molecular formula is C24H28F5N5O2. The second kappa shape index (κ2) is 12.0. The first-order chi connectivity index (χ1) is 17.1. The van der Waals surface area contributed by atoms with Crippen LogP contribution < -0.4 is 16.2 Å². The van der Waals surface area contributed by atoms with Crippen molar-refractivity contribution in [1.82, 2.24) is 14.8 Å². The molecule has 36 heavy (non-hydrogen) atoms. The largest absolute Gasteiger partial charge is 0.481 e. The minimum atomic E-state index is -2.61. The average Bonchev–Trinajstić information content (AvgIpc) is 2.96. The number of carbonyl (C=O) groups excluding carboxylic acids is 1. The summed E-state index contributed by atoms with van der Waals surface area (Å²) < 4.78 is 72.5. The van der Waals surface area contributed by atoms with E-state index in [-0.39, 0.29) is 49.7 Å². The second-order valence-electron chi connectivity index (χ2n) is 8.43. The molecule has 196 valence electrons. The minimum absolute atomic E-state index is 0.0239. The molecule has 2 heterocycles. The molecule has 1 fully saturated rings. The number of aromatic nitrogens is 1. The van der Waals surface area contributed by atoms with Gasteiger partial charge in [-0.25, -0.2) is 26.9 Å². The lowest BCUT2D eigenvalue weighted by Crippen LogP contribution is -2.50. The van der Waals surface area contributed by atoms with E-state index in [1.165, 1.54) is 23.1 Å². The van der Waals surface area contributed by atoms with Gasteiger partial charge in [-0.1, -0.05) is 6.08 Å². The van der Waals surface area contributed by atoms with Crippen LogP contribution in [0, 0.1) is 0 Å². The highest BCUT2D eigenvalue weighted by atomic mass is 19.3. The Morgan fingerprint density at radius 3 is 2.67 bits per heavy atom. The van der Waals surface area contributed by atoms with Crippen LogP contribution in [0.25, 0.3) is 5.70 Å². The molecule has 0 aromatic carbocycles. The van der Waals surface area contributed by atoms with Crippen molar-refractivity contribution < 1.29 is 31.5 Å². The molecule has 1 aromatic heterocycles. The molecule has 0 spiro atoms. The number of nitrogens with zero attached hydrogens (tertiary/aromatic N) is 3. The predicted molar refractivity (Wildman–Crippen MR) is 125 cm³/mol. The number of allylic oxidation sites excluding steroid dienone is 5. The topological polar surface area (TPSA) is 97.7 Å². The maximum Gasteiger partial charge on any atom is 0.255 e. The fraction of sp³-hybridized carbons (Fsp3) is 0.417. The van der Waals surface area contributed by atoms with E-state index in [1.807, 2.05) is 0 Å². The number of carbonyl (C=O) groups is 1. The van der Waals surface area contributed by atoms with Crippen LogP contribution >= 0.6 is 0 Å². The Kier molecular flexibility index (Phi) is 9.08. The van der Waals surface area contributed by atoms with Gasteiger partial charge in [-0.3, -0.25) is 4.79 Å². The summed E-state index contributed by atoms with van der Waals surface area (Å²) in [4.78, 5) is 19.9. The summed E-state index contributed by atoms with van der Waals surface area (Å²) in [5.41, 5.74) is 13.3. The van der Waals surface area contributed by atoms with E-state index < -0.39 is 36.8 Å². The van der Waals surface area contributed by atoms with Crippen molar-refractivity contribution in [2.45, 2.75) is 31.5 Å². The molecule has 1 aliphatic heterocycles. The third kappa shape index (κ3) is 6.84. The molecule has 0 bridgehead atoms. The maximum atomic E-state index is 14.2. The third-order valence-corrected chi connectivity index (χ3v) is 5.86. The van der Waals surface area contributed by atoms with Gasteiger partial charge in [-0.05, 0) is 24.1 Å². The van der Waals surface area contributed by atoms with Crippen LogP contribution in [0.1, 0.15) is 18.4 Å². The molecule has 1 aliphatic carbocycles. The van der Waals surface area contributed by atoms with E-state index in [2.05, 4.69) is 4.98 Å². The molecular weight excluding hydrogens is 485 g/mol. The first-order valence-corrected chi connectivity index (χ1v) is 11.2. The summed E-state index contributed by atoms with van der Waals surface area (Å²) in [6, 6.07) is 2.37. The zero-order valence-electron chi connectivity index (χ0n) is 19.6. The Bertz CT molecular complexity index is 1070. The highest BCUT2D eigenvalue weighted by molar-refractivity contribution is 5.78. The summed E-state index contributed by atoms with van der Waals surface area (Å²) in [7, 11) is 1.45. The summed E-state index contributed by atoms with van der Waals surface area (Å²) in [5.74, 6) is -2.25. The van der Waals surface area contributed by atoms with Gasteiger partial charge in [0.15, 0.2) is 6.17 Å². The number of piperazine rings is 1. The van der Waals surface area contributed by atoms with Crippen LogP contribution in [0.5, 0.6) is 5.88 Å². The smallest absolute Gasteiger partial charge is 0.255 e. The van der Waals surface area contributed by atoms with Crippen LogP contribution in [0.15, 0.2) is 59.5 Å². The van der Waals surface area contributed by atoms with E-state index in [4.69, 9.17) is 16.2 Å². The zero-order chi connectivity index (χ0) is 26.4. The van der Waals surface area contributed by atoms with Gasteiger partial charge in [0.25, 0.3) is 6.43 Å². The predicted octanol–water partition coefficient (Wildman–Crippen LogP) is 3.22. The van der Waals surface area contributed by atoms with E-state index in [0.717, 1.165) is 12.2 Å². The highest BCUT2D eigenvalue weighted by Gasteiger charge is 2.29. The Labute approximate surface area is 205 Å². The van der Waals surface area contributed by atoms with Gasteiger partial charge < -0.3 is 26.0 Å². The molecule has 3 rings (SSSR count). The standard InChI is InChI=1S/C24H28F5N5O2/c1-36-22-5-3-15(11-32-22)24(31)20-12-34(7-6-33(20)13-21(28)29)23(35)9-16(30)8-14-2-4-17(25)19(27)10-18(14)26/h2-5,10-11,16-17,21H,6-9,12-13,30-31H2,1H3/b24-20-. The number of hydrogen-bond donors (Lipinski definition) is 2. The summed E-state index contributed by atoms with van der Waals surface area (Å²) in [6.45, 7) is -0.315. The van der Waals surface area contributed by atoms with E-state index >= 15 is 0 Å². The van der Waals surface area contributed by atoms with E-state index in [0.29, 0.717) is 23.2 Å². The molecule has 2 unspecified atom stereocenters. The Morgan fingerprint density at radius 2 is 2.03 bits per heavy atom. The Morgan fingerprint density at radius 1 is 1.28 bits per heavy atom. The van der Waals surface area contributed by atoms with Gasteiger partial charge in [-0.15, -0.1) is 0 Å². The molecule has 2 atom stereocenters. The number of methoxy groups -OCH3 is 1. The first kappa shape index (κ1) is 27.2. The first-order valence-electron chi connectivity index (χ1n) is 11.2. The van der Waals surface area contributed by atoms with Crippen LogP contribution in [0.4, 0.5) is 22.0 Å². The fourth-order valence-corrected chi connectivity index (χ4v) is 3.94. The van der Waals surface area contributed by atoms with Crippen molar-refractivity contribution >= 4 is 11.6 Å². The molecule has 7 nitrogen and oxygen atoms in total. The highest BCUT2D eigenvalue weighted by Crippen LogP contribution is 2.26. The van der Waals surface area contributed by atoms with E-state index in [1.54, 1.807) is 12.1 Å². The summed E-state index contributed by atoms with van der Waals surface area (Å²) in [6.07, 6.45) is -1.09. The lowest BCUT2D eigenvalue weighted by molar-refractivity contribution is -0.132. The molecule has 12 heteroatoms. The van der Waals surface area contributed by atoms with Gasteiger partial charge in [-0.2, -0.15) is 0 Å². The molecule has 1 aromatic rings. The number of halogens is 5. The fourth-order valence-electron chi connectivity index (χ4n) is 3.94. The third-order valence-electron chi connectivity index (χ3n) is 5.86. The molecule has 1 amide bonds. The maximum absolute atomic E-state index is 14.2.